The van der Waals surface area contributed by atoms with E-state index in [2.05, 4.69) is 25.8 Å². The quantitative estimate of drug-likeness (QED) is 0.376. The smallest absolute Gasteiger partial charge is 0.255 e. The molecule has 2 atom stereocenters. The van der Waals surface area contributed by atoms with E-state index in [4.69, 9.17) is 16.1 Å². The van der Waals surface area contributed by atoms with Gasteiger partial charge in [0.25, 0.3) is 5.91 Å². The zero-order chi connectivity index (χ0) is 28.8. The third-order valence-corrected chi connectivity index (χ3v) is 9.91. The number of piperidine rings is 1. The fourth-order valence-corrected chi connectivity index (χ4v) is 7.03. The Labute approximate surface area is 243 Å². The van der Waals surface area contributed by atoms with Gasteiger partial charge in [-0.3, -0.25) is 9.59 Å². The van der Waals surface area contributed by atoms with E-state index >= 15 is 0 Å². The lowest BCUT2D eigenvalue weighted by atomic mass is 9.92. The normalized spacial score (nSPS) is 21.8. The topological polar surface area (TPSA) is 147 Å². The van der Waals surface area contributed by atoms with Crippen LogP contribution >= 0.6 is 11.6 Å². The van der Waals surface area contributed by atoms with Gasteiger partial charge >= 0.3 is 0 Å². The van der Waals surface area contributed by atoms with Gasteiger partial charge in [0.2, 0.25) is 11.8 Å². The van der Waals surface area contributed by atoms with Gasteiger partial charge < -0.3 is 20.1 Å². The summed E-state index contributed by atoms with van der Waals surface area (Å²) >= 11 is 6.04. The standard InChI is InChI=1S/C28H31ClN6O5S/c1-41(38,39)22-16-35(24-21(6-3-12-30-24)31-25(37)19-4-2-5-20(29)14-19)13-9-18(22)15-23(36)33-28(10-11-28)27-32-26(40-34-27)17-7-8-17/h2-6,12,14,17-18,22H,7-11,13,15-16H2,1H3,(H,31,37)(H,33,36). The minimum atomic E-state index is -3.52. The molecule has 13 heteroatoms. The Morgan fingerprint density at radius 3 is 2.68 bits per heavy atom. The molecule has 2 aliphatic carbocycles. The summed E-state index contributed by atoms with van der Waals surface area (Å²) in [4.78, 5) is 36.9. The molecule has 3 fully saturated rings. The third-order valence-electron chi connectivity index (χ3n) is 8.04. The molecule has 2 N–H and O–H groups in total. The van der Waals surface area contributed by atoms with Gasteiger partial charge in [0, 0.05) is 48.5 Å². The molecule has 11 nitrogen and oxygen atoms in total. The van der Waals surface area contributed by atoms with Crippen LogP contribution in [0.5, 0.6) is 0 Å². The highest BCUT2D eigenvalue weighted by Gasteiger charge is 2.51. The fraction of sp³-hybridized carbons (Fsp3) is 0.464. The van der Waals surface area contributed by atoms with Gasteiger partial charge in [-0.05, 0) is 68.4 Å². The molecule has 2 saturated carbocycles. The number of nitrogens with one attached hydrogen (secondary N) is 2. The molecule has 6 rings (SSSR count). The monoisotopic (exact) mass is 598 g/mol. The SMILES string of the molecule is CS(=O)(=O)C1CN(c2ncccc2NC(=O)c2cccc(Cl)c2)CCC1CC(=O)NC1(c2noc(C3CC3)n2)CC1. The Hall–Kier alpha value is -3.51. The van der Waals surface area contributed by atoms with Crippen LogP contribution in [0, 0.1) is 5.92 Å². The predicted molar refractivity (Wildman–Crippen MR) is 153 cm³/mol. The second kappa shape index (κ2) is 10.7. The Balaban J connectivity index is 1.14. The van der Waals surface area contributed by atoms with Gasteiger partial charge in [0.05, 0.1) is 10.9 Å². The van der Waals surface area contributed by atoms with Crippen molar-refractivity contribution >= 4 is 44.8 Å². The number of aromatic nitrogens is 3. The average Bonchev–Trinajstić information content (AvgIpc) is 3.88. The number of nitrogens with zero attached hydrogens (tertiary/aromatic N) is 4. The van der Waals surface area contributed by atoms with Crippen LogP contribution in [0.25, 0.3) is 0 Å². The number of benzene rings is 1. The van der Waals surface area contributed by atoms with Gasteiger partial charge in [-0.1, -0.05) is 22.8 Å². The van der Waals surface area contributed by atoms with Crippen LogP contribution in [0.1, 0.15) is 66.5 Å². The summed E-state index contributed by atoms with van der Waals surface area (Å²) in [5.41, 5.74) is 0.227. The molecule has 1 saturated heterocycles. The molecule has 41 heavy (non-hydrogen) atoms. The molecule has 0 spiro atoms. The summed E-state index contributed by atoms with van der Waals surface area (Å²) in [6.45, 7) is 0.621. The number of pyridine rings is 1. The van der Waals surface area contributed by atoms with Crippen molar-refractivity contribution in [2.45, 2.75) is 55.2 Å². The number of hydrogen-bond acceptors (Lipinski definition) is 9. The molecular formula is C28H31ClN6O5S. The van der Waals surface area contributed by atoms with E-state index in [1.165, 1.54) is 6.26 Å². The van der Waals surface area contributed by atoms with Crippen LogP contribution in [0.4, 0.5) is 11.5 Å². The molecule has 3 aromatic rings. The van der Waals surface area contributed by atoms with Gasteiger partial charge in [-0.15, -0.1) is 0 Å². The maximum atomic E-state index is 13.2. The van der Waals surface area contributed by atoms with Crippen LogP contribution in [0.15, 0.2) is 47.1 Å². The molecule has 0 bridgehead atoms. The van der Waals surface area contributed by atoms with Crippen LogP contribution in [-0.4, -0.2) is 60.0 Å². The van der Waals surface area contributed by atoms with Crippen molar-refractivity contribution in [3.8, 4) is 0 Å². The number of rotatable bonds is 9. The van der Waals surface area contributed by atoms with Crippen LogP contribution in [0.2, 0.25) is 5.02 Å². The van der Waals surface area contributed by atoms with Crippen molar-refractivity contribution < 1.29 is 22.5 Å². The van der Waals surface area contributed by atoms with Crippen LogP contribution in [-0.2, 0) is 20.2 Å². The van der Waals surface area contributed by atoms with E-state index in [-0.39, 0.29) is 30.7 Å². The lowest BCUT2D eigenvalue weighted by Gasteiger charge is -2.38. The molecule has 3 heterocycles. The summed E-state index contributed by atoms with van der Waals surface area (Å²) < 4.78 is 31.3. The van der Waals surface area contributed by atoms with Gasteiger partial charge in [-0.25, -0.2) is 13.4 Å². The summed E-state index contributed by atoms with van der Waals surface area (Å²) in [6, 6.07) is 10.0. The van der Waals surface area contributed by atoms with Crippen molar-refractivity contribution in [3.63, 3.8) is 0 Å². The Kier molecular flexibility index (Phi) is 7.23. The number of carbonyl (C=O) groups excluding carboxylic acids is 2. The Morgan fingerprint density at radius 1 is 1.17 bits per heavy atom. The van der Waals surface area contributed by atoms with Crippen molar-refractivity contribution in [1.82, 2.24) is 20.4 Å². The molecule has 2 amide bonds. The highest BCUT2D eigenvalue weighted by Crippen LogP contribution is 2.46. The number of halogens is 1. The average molecular weight is 599 g/mol. The number of hydrogen-bond donors (Lipinski definition) is 2. The van der Waals surface area contributed by atoms with Gasteiger partial charge in [0.15, 0.2) is 21.5 Å². The largest absolute Gasteiger partial charge is 0.354 e. The first-order valence-corrected chi connectivity index (χ1v) is 16.1. The zero-order valence-electron chi connectivity index (χ0n) is 22.5. The molecular weight excluding hydrogens is 568 g/mol. The number of carbonyl (C=O) groups is 2. The molecule has 216 valence electrons. The zero-order valence-corrected chi connectivity index (χ0v) is 24.1. The molecule has 1 aliphatic heterocycles. The molecule has 1 aromatic carbocycles. The van der Waals surface area contributed by atoms with E-state index in [9.17, 15) is 18.0 Å². The highest BCUT2D eigenvalue weighted by molar-refractivity contribution is 7.91. The predicted octanol–water partition coefficient (Wildman–Crippen LogP) is 3.68. The third kappa shape index (κ3) is 6.08. The first-order chi connectivity index (χ1) is 19.6. The lowest BCUT2D eigenvalue weighted by Crippen LogP contribution is -2.49. The summed E-state index contributed by atoms with van der Waals surface area (Å²) in [5.74, 6) is 0.977. The second-order valence-corrected chi connectivity index (χ2v) is 14.0. The van der Waals surface area contributed by atoms with Gasteiger partial charge in [0.1, 0.15) is 5.54 Å². The Morgan fingerprint density at radius 2 is 1.98 bits per heavy atom. The fourth-order valence-electron chi connectivity index (χ4n) is 5.46. The first-order valence-electron chi connectivity index (χ1n) is 13.7. The van der Waals surface area contributed by atoms with Crippen LogP contribution < -0.4 is 15.5 Å². The molecule has 3 aliphatic rings. The van der Waals surface area contributed by atoms with E-state index in [1.54, 1.807) is 42.6 Å². The molecule has 2 aromatic heterocycles. The van der Waals surface area contributed by atoms with Crippen molar-refractivity contribution in [3.05, 3.63) is 64.9 Å². The summed E-state index contributed by atoms with van der Waals surface area (Å²) in [6.07, 6.45) is 6.86. The highest BCUT2D eigenvalue weighted by atomic mass is 35.5. The van der Waals surface area contributed by atoms with E-state index in [1.807, 2.05) is 4.90 Å². The van der Waals surface area contributed by atoms with Crippen molar-refractivity contribution in [2.75, 3.05) is 29.6 Å². The van der Waals surface area contributed by atoms with Crippen molar-refractivity contribution in [2.24, 2.45) is 5.92 Å². The maximum Gasteiger partial charge on any atom is 0.255 e. The van der Waals surface area contributed by atoms with Crippen LogP contribution in [0.3, 0.4) is 0 Å². The summed E-state index contributed by atoms with van der Waals surface area (Å²) in [5, 5.41) is 9.71. The second-order valence-electron chi connectivity index (χ2n) is 11.3. The number of sulfone groups is 1. The summed E-state index contributed by atoms with van der Waals surface area (Å²) in [7, 11) is -3.52. The molecule has 0 radical (unpaired) electrons. The maximum absolute atomic E-state index is 13.2. The van der Waals surface area contributed by atoms with Crippen molar-refractivity contribution in [1.29, 1.82) is 0 Å². The molecule has 2 unspecified atom stereocenters. The van der Waals surface area contributed by atoms with E-state index in [0.29, 0.717) is 52.7 Å². The first kappa shape index (κ1) is 27.6. The minimum absolute atomic E-state index is 0.0707. The Bertz CT molecular complexity index is 1590. The van der Waals surface area contributed by atoms with E-state index in [0.717, 1.165) is 25.7 Å². The van der Waals surface area contributed by atoms with Gasteiger partial charge in [-0.2, -0.15) is 4.98 Å². The minimum Gasteiger partial charge on any atom is -0.354 e. The number of amides is 2. The van der Waals surface area contributed by atoms with E-state index < -0.39 is 20.6 Å². The lowest BCUT2D eigenvalue weighted by molar-refractivity contribution is -0.123. The number of anilines is 2.